The molecule has 1 aromatic heterocycles. The molecule has 0 aliphatic carbocycles. The molecule has 0 saturated carbocycles. The van der Waals surface area contributed by atoms with Crippen LogP contribution in [0.25, 0.3) is 10.1 Å². The zero-order valence-corrected chi connectivity index (χ0v) is 14.8. The smallest absolute Gasteiger partial charge is 0.407 e. The lowest BCUT2D eigenvalue weighted by molar-refractivity contribution is 0.0500. The monoisotopic (exact) mass is 333 g/mol. The summed E-state index contributed by atoms with van der Waals surface area (Å²) in [5, 5.41) is 3.86. The van der Waals surface area contributed by atoms with E-state index >= 15 is 0 Å². The van der Waals surface area contributed by atoms with Crippen LogP contribution in [0.4, 0.5) is 4.79 Å². The fourth-order valence-electron chi connectivity index (χ4n) is 2.22. The summed E-state index contributed by atoms with van der Waals surface area (Å²) in [6.07, 6.45) is 0.479. The van der Waals surface area contributed by atoms with Crippen molar-refractivity contribution >= 4 is 33.3 Å². The summed E-state index contributed by atoms with van der Waals surface area (Å²) in [5.74, 6) is 0.0501. The molecule has 1 amide bonds. The maximum atomic E-state index is 12.5. The van der Waals surface area contributed by atoms with E-state index in [4.69, 9.17) is 4.74 Å². The van der Waals surface area contributed by atoms with Crippen LogP contribution < -0.4 is 5.32 Å². The molecule has 2 rings (SSSR count). The van der Waals surface area contributed by atoms with Crippen LogP contribution in [0.2, 0.25) is 0 Å². The molecule has 124 valence electrons. The number of thiophene rings is 1. The summed E-state index contributed by atoms with van der Waals surface area (Å²) in [6.45, 7) is 7.39. The predicted molar refractivity (Wildman–Crippen MR) is 94.2 cm³/mol. The maximum absolute atomic E-state index is 12.5. The van der Waals surface area contributed by atoms with Gasteiger partial charge >= 0.3 is 6.09 Å². The van der Waals surface area contributed by atoms with Crippen molar-refractivity contribution in [1.29, 1.82) is 0 Å². The highest BCUT2D eigenvalue weighted by Gasteiger charge is 2.21. The lowest BCUT2D eigenvalue weighted by Gasteiger charge is -2.22. The van der Waals surface area contributed by atoms with Gasteiger partial charge < -0.3 is 10.1 Å². The first-order valence-electron chi connectivity index (χ1n) is 7.80. The molecule has 1 heterocycles. The number of carbonyl (C=O) groups is 2. The fourth-order valence-corrected chi connectivity index (χ4v) is 3.23. The van der Waals surface area contributed by atoms with Crippen LogP contribution in [0.15, 0.2) is 30.3 Å². The molecule has 0 radical (unpaired) electrons. The van der Waals surface area contributed by atoms with Gasteiger partial charge in [0, 0.05) is 17.2 Å². The molecule has 5 heteroatoms. The number of alkyl carbamates (subject to hydrolysis) is 1. The summed E-state index contributed by atoms with van der Waals surface area (Å²) in [6, 6.07) is 9.63. The van der Waals surface area contributed by atoms with E-state index in [2.05, 4.69) is 5.32 Å². The lowest BCUT2D eigenvalue weighted by atomic mass is 10.1. The number of fused-ring (bicyclic) bond motifs is 1. The van der Waals surface area contributed by atoms with E-state index in [9.17, 15) is 9.59 Å². The first-order valence-corrected chi connectivity index (χ1v) is 8.61. The van der Waals surface area contributed by atoms with Crippen molar-refractivity contribution in [3.63, 3.8) is 0 Å². The minimum Gasteiger partial charge on any atom is -0.444 e. The highest BCUT2D eigenvalue weighted by Crippen LogP contribution is 2.26. The van der Waals surface area contributed by atoms with E-state index in [0.717, 1.165) is 15.0 Å². The quantitative estimate of drug-likeness (QED) is 0.801. The number of Topliss-reactive ketones (excluding diaryl/α,β-unsaturated/α-hetero) is 1. The summed E-state index contributed by atoms with van der Waals surface area (Å²) in [4.78, 5) is 25.0. The van der Waals surface area contributed by atoms with Gasteiger partial charge in [0.25, 0.3) is 0 Å². The van der Waals surface area contributed by atoms with E-state index in [-0.39, 0.29) is 18.2 Å². The lowest BCUT2D eigenvalue weighted by Crippen LogP contribution is -2.39. The van der Waals surface area contributed by atoms with E-state index < -0.39 is 11.7 Å². The average molecular weight is 333 g/mol. The van der Waals surface area contributed by atoms with Crippen molar-refractivity contribution in [3.05, 3.63) is 35.2 Å². The molecule has 1 unspecified atom stereocenters. The van der Waals surface area contributed by atoms with Gasteiger partial charge in [-0.05, 0) is 44.7 Å². The standard InChI is InChI=1S/C18H23NO3S/c1-5-13(19-17(21)22-18(2,3)4)11-14(20)16-10-12-8-6-7-9-15(12)23-16/h6-10,13H,5,11H2,1-4H3,(H,19,21). The normalized spacial score (nSPS) is 12.9. The predicted octanol–water partition coefficient (Wildman–Crippen LogP) is 4.78. The number of nitrogens with one attached hydrogen (secondary N) is 1. The Morgan fingerprint density at radius 1 is 1.26 bits per heavy atom. The molecule has 2 aromatic rings. The van der Waals surface area contributed by atoms with Crippen LogP contribution >= 0.6 is 11.3 Å². The first-order chi connectivity index (χ1) is 10.8. The van der Waals surface area contributed by atoms with Crippen LogP contribution in [-0.4, -0.2) is 23.5 Å². The molecular formula is C18H23NO3S. The Labute approximate surface area is 140 Å². The van der Waals surface area contributed by atoms with Gasteiger partial charge in [0.05, 0.1) is 4.88 Å². The average Bonchev–Trinajstić information content (AvgIpc) is 2.88. The van der Waals surface area contributed by atoms with Gasteiger partial charge in [-0.25, -0.2) is 4.79 Å². The maximum Gasteiger partial charge on any atom is 0.407 e. The van der Waals surface area contributed by atoms with Gasteiger partial charge in [0.2, 0.25) is 0 Å². The van der Waals surface area contributed by atoms with Gasteiger partial charge in [-0.15, -0.1) is 11.3 Å². The summed E-state index contributed by atoms with van der Waals surface area (Å²) >= 11 is 1.49. The Kier molecular flexibility index (Phi) is 5.42. The third kappa shape index (κ3) is 5.06. The van der Waals surface area contributed by atoms with E-state index in [1.54, 1.807) is 0 Å². The second-order valence-electron chi connectivity index (χ2n) is 6.53. The van der Waals surface area contributed by atoms with Crippen LogP contribution in [0.5, 0.6) is 0 Å². The number of hydrogen-bond donors (Lipinski definition) is 1. The van der Waals surface area contributed by atoms with Gasteiger partial charge in [0.15, 0.2) is 5.78 Å². The van der Waals surface area contributed by atoms with E-state index in [1.807, 2.05) is 58.0 Å². The van der Waals surface area contributed by atoms with Gasteiger partial charge in [0.1, 0.15) is 5.60 Å². The summed E-state index contributed by atoms with van der Waals surface area (Å²) in [7, 11) is 0. The number of rotatable bonds is 5. The highest BCUT2D eigenvalue weighted by molar-refractivity contribution is 7.20. The second kappa shape index (κ2) is 7.13. The number of hydrogen-bond acceptors (Lipinski definition) is 4. The summed E-state index contributed by atoms with van der Waals surface area (Å²) < 4.78 is 6.35. The molecule has 0 aliphatic rings. The molecule has 1 atom stereocenters. The molecule has 0 aliphatic heterocycles. The molecule has 0 spiro atoms. The van der Waals surface area contributed by atoms with E-state index in [1.165, 1.54) is 11.3 Å². The third-order valence-corrected chi connectivity index (χ3v) is 4.50. The fraction of sp³-hybridized carbons (Fsp3) is 0.444. The largest absolute Gasteiger partial charge is 0.444 e. The zero-order chi connectivity index (χ0) is 17.0. The van der Waals surface area contributed by atoms with Crippen molar-refractivity contribution in [2.24, 2.45) is 0 Å². The minimum atomic E-state index is -0.544. The third-order valence-electron chi connectivity index (χ3n) is 3.35. The number of benzene rings is 1. The van der Waals surface area contributed by atoms with Gasteiger partial charge in [-0.3, -0.25) is 4.79 Å². The first kappa shape index (κ1) is 17.5. The molecule has 1 N–H and O–H groups in total. The number of ether oxygens (including phenoxy) is 1. The van der Waals surface area contributed by atoms with Crippen LogP contribution in [-0.2, 0) is 4.74 Å². The minimum absolute atomic E-state index is 0.0501. The number of ketones is 1. The SMILES string of the molecule is CCC(CC(=O)c1cc2ccccc2s1)NC(=O)OC(C)(C)C. The van der Waals surface area contributed by atoms with Crippen molar-refractivity contribution in [2.75, 3.05) is 0 Å². The molecule has 23 heavy (non-hydrogen) atoms. The van der Waals surface area contributed by atoms with Crippen molar-refractivity contribution in [3.8, 4) is 0 Å². The highest BCUT2D eigenvalue weighted by atomic mass is 32.1. The van der Waals surface area contributed by atoms with Crippen molar-refractivity contribution < 1.29 is 14.3 Å². The second-order valence-corrected chi connectivity index (χ2v) is 7.61. The molecule has 1 aromatic carbocycles. The Balaban J connectivity index is 2.00. The molecule has 0 bridgehead atoms. The topological polar surface area (TPSA) is 55.4 Å². The Hall–Kier alpha value is -1.88. The van der Waals surface area contributed by atoms with Crippen molar-refractivity contribution in [1.82, 2.24) is 5.32 Å². The molecule has 0 fully saturated rings. The Morgan fingerprint density at radius 3 is 2.57 bits per heavy atom. The molecule has 0 saturated heterocycles. The summed E-state index contributed by atoms with van der Waals surface area (Å²) in [5.41, 5.74) is -0.544. The van der Waals surface area contributed by atoms with Crippen LogP contribution in [0.1, 0.15) is 50.2 Å². The molecular weight excluding hydrogens is 310 g/mol. The Bertz CT molecular complexity index is 667. The van der Waals surface area contributed by atoms with Crippen LogP contribution in [0.3, 0.4) is 0 Å². The Morgan fingerprint density at radius 2 is 1.96 bits per heavy atom. The number of carbonyl (C=O) groups excluding carboxylic acids is 2. The zero-order valence-electron chi connectivity index (χ0n) is 14.0. The van der Waals surface area contributed by atoms with Crippen molar-refractivity contribution in [2.45, 2.75) is 52.2 Å². The number of amides is 1. The van der Waals surface area contributed by atoms with Gasteiger partial charge in [-0.2, -0.15) is 0 Å². The van der Waals surface area contributed by atoms with E-state index in [0.29, 0.717) is 6.42 Å². The molecule has 4 nitrogen and oxygen atoms in total. The van der Waals surface area contributed by atoms with Gasteiger partial charge in [-0.1, -0.05) is 25.1 Å². The van der Waals surface area contributed by atoms with Crippen LogP contribution in [0, 0.1) is 0 Å².